The number of nitrogens with zero attached hydrogens (tertiary/aromatic N) is 1. The van der Waals surface area contributed by atoms with Gasteiger partial charge in [-0.05, 0) is 49.7 Å². The van der Waals surface area contributed by atoms with Crippen molar-refractivity contribution in [3.05, 3.63) is 34.6 Å². The second-order valence-corrected chi connectivity index (χ2v) is 5.34. The quantitative estimate of drug-likeness (QED) is 0.913. The van der Waals surface area contributed by atoms with Crippen LogP contribution in [0.1, 0.15) is 37.3 Å². The molecule has 1 heterocycles. The van der Waals surface area contributed by atoms with E-state index in [-0.39, 0.29) is 11.9 Å². The maximum absolute atomic E-state index is 13.4. The predicted octanol–water partition coefficient (Wildman–Crippen LogP) is 3.35. The highest BCUT2D eigenvalue weighted by Crippen LogP contribution is 2.26. The fraction of sp³-hybridized carbons (Fsp3) is 0.571. The summed E-state index contributed by atoms with van der Waals surface area (Å²) in [5.41, 5.74) is 6.77. The van der Waals surface area contributed by atoms with E-state index in [1.165, 1.54) is 31.7 Å². The molecule has 100 valence electrons. The standard InChI is InChI=1S/C14H20ClFN2/c15-12-7-11(8-13(16)9-12)14(10-17)18-5-3-1-2-4-6-18/h7-9,14H,1-6,10,17H2. The molecule has 18 heavy (non-hydrogen) atoms. The molecule has 0 saturated carbocycles. The summed E-state index contributed by atoms with van der Waals surface area (Å²) in [7, 11) is 0. The fourth-order valence-electron chi connectivity index (χ4n) is 2.67. The van der Waals surface area contributed by atoms with Gasteiger partial charge in [-0.1, -0.05) is 24.4 Å². The molecule has 0 spiro atoms. The van der Waals surface area contributed by atoms with E-state index in [1.807, 2.05) is 6.07 Å². The highest BCUT2D eigenvalue weighted by atomic mass is 35.5. The maximum atomic E-state index is 13.4. The van der Waals surface area contributed by atoms with Gasteiger partial charge in [-0.3, -0.25) is 4.90 Å². The van der Waals surface area contributed by atoms with Gasteiger partial charge in [0.25, 0.3) is 0 Å². The summed E-state index contributed by atoms with van der Waals surface area (Å²) in [5.74, 6) is -0.286. The first-order valence-electron chi connectivity index (χ1n) is 6.61. The molecule has 2 N–H and O–H groups in total. The SMILES string of the molecule is NCC(c1cc(F)cc(Cl)c1)N1CCCCCC1. The summed E-state index contributed by atoms with van der Waals surface area (Å²) in [4.78, 5) is 2.36. The van der Waals surface area contributed by atoms with E-state index in [4.69, 9.17) is 17.3 Å². The highest BCUT2D eigenvalue weighted by Gasteiger charge is 2.20. The molecule has 1 aliphatic heterocycles. The smallest absolute Gasteiger partial charge is 0.125 e. The number of benzene rings is 1. The summed E-state index contributed by atoms with van der Waals surface area (Å²) in [6, 6.07) is 4.79. The molecular formula is C14H20ClFN2. The van der Waals surface area contributed by atoms with Crippen LogP contribution in [0.3, 0.4) is 0 Å². The summed E-state index contributed by atoms with van der Waals surface area (Å²) < 4.78 is 13.4. The maximum Gasteiger partial charge on any atom is 0.125 e. The Morgan fingerprint density at radius 2 is 1.83 bits per heavy atom. The minimum absolute atomic E-state index is 0.0799. The van der Waals surface area contributed by atoms with Crippen molar-refractivity contribution < 1.29 is 4.39 Å². The first kappa shape index (κ1) is 13.8. The molecule has 0 aromatic heterocycles. The third-order valence-electron chi connectivity index (χ3n) is 3.57. The normalized spacial score (nSPS) is 19.5. The van der Waals surface area contributed by atoms with Crippen molar-refractivity contribution in [3.8, 4) is 0 Å². The van der Waals surface area contributed by atoms with E-state index in [0.717, 1.165) is 18.7 Å². The van der Waals surface area contributed by atoms with Gasteiger partial charge in [0.05, 0.1) is 0 Å². The third-order valence-corrected chi connectivity index (χ3v) is 3.79. The molecule has 0 bridgehead atoms. The molecular weight excluding hydrogens is 251 g/mol. The van der Waals surface area contributed by atoms with Crippen LogP contribution >= 0.6 is 11.6 Å². The zero-order chi connectivity index (χ0) is 13.0. The van der Waals surface area contributed by atoms with Gasteiger partial charge in [0, 0.05) is 17.6 Å². The van der Waals surface area contributed by atoms with Crippen molar-refractivity contribution in [1.82, 2.24) is 4.90 Å². The van der Waals surface area contributed by atoms with Crippen molar-refractivity contribution in [2.45, 2.75) is 31.7 Å². The topological polar surface area (TPSA) is 29.3 Å². The van der Waals surface area contributed by atoms with E-state index >= 15 is 0 Å². The number of likely N-dealkylation sites (tertiary alicyclic amines) is 1. The Kier molecular flexibility index (Phi) is 4.98. The molecule has 0 radical (unpaired) electrons. The summed E-state index contributed by atoms with van der Waals surface area (Å²) in [5, 5.41) is 0.443. The van der Waals surface area contributed by atoms with Gasteiger partial charge in [-0.25, -0.2) is 4.39 Å². The predicted molar refractivity (Wildman–Crippen MR) is 73.2 cm³/mol. The van der Waals surface area contributed by atoms with Crippen LogP contribution in [-0.2, 0) is 0 Å². The molecule has 1 aromatic rings. The van der Waals surface area contributed by atoms with Crippen LogP contribution in [0.4, 0.5) is 4.39 Å². The Morgan fingerprint density at radius 1 is 1.17 bits per heavy atom. The van der Waals surface area contributed by atoms with Crippen LogP contribution in [0.2, 0.25) is 5.02 Å². The van der Waals surface area contributed by atoms with Gasteiger partial charge in [0.15, 0.2) is 0 Å². The monoisotopic (exact) mass is 270 g/mol. The highest BCUT2D eigenvalue weighted by molar-refractivity contribution is 6.30. The van der Waals surface area contributed by atoms with E-state index in [2.05, 4.69) is 4.90 Å². The van der Waals surface area contributed by atoms with Crippen LogP contribution < -0.4 is 5.73 Å². The van der Waals surface area contributed by atoms with Crippen molar-refractivity contribution in [2.24, 2.45) is 5.73 Å². The summed E-state index contributed by atoms with van der Waals surface area (Å²) >= 11 is 5.92. The average molecular weight is 271 g/mol. The number of halogens is 2. The second kappa shape index (κ2) is 6.50. The van der Waals surface area contributed by atoms with Gasteiger partial charge in [-0.15, -0.1) is 0 Å². The third kappa shape index (κ3) is 3.44. The summed E-state index contributed by atoms with van der Waals surface area (Å²) in [6.45, 7) is 2.58. The largest absolute Gasteiger partial charge is 0.329 e. The minimum atomic E-state index is -0.286. The van der Waals surface area contributed by atoms with Gasteiger partial charge < -0.3 is 5.73 Å². The molecule has 1 atom stereocenters. The lowest BCUT2D eigenvalue weighted by Crippen LogP contribution is -2.34. The number of rotatable bonds is 3. The van der Waals surface area contributed by atoms with Crippen molar-refractivity contribution in [1.29, 1.82) is 0 Å². The molecule has 0 amide bonds. The zero-order valence-corrected chi connectivity index (χ0v) is 11.3. The Labute approximate surface area is 113 Å². The molecule has 1 saturated heterocycles. The molecule has 1 unspecified atom stereocenters. The van der Waals surface area contributed by atoms with E-state index in [0.29, 0.717) is 11.6 Å². The lowest BCUT2D eigenvalue weighted by Gasteiger charge is -2.30. The first-order chi connectivity index (χ1) is 8.70. The Hall–Kier alpha value is -0.640. The lowest BCUT2D eigenvalue weighted by molar-refractivity contribution is 0.209. The van der Waals surface area contributed by atoms with E-state index in [1.54, 1.807) is 6.07 Å². The Bertz CT molecular complexity index is 369. The second-order valence-electron chi connectivity index (χ2n) is 4.90. The van der Waals surface area contributed by atoms with E-state index < -0.39 is 0 Å². The van der Waals surface area contributed by atoms with E-state index in [9.17, 15) is 4.39 Å². The first-order valence-corrected chi connectivity index (χ1v) is 6.98. The average Bonchev–Trinajstić information content (AvgIpc) is 2.58. The van der Waals surface area contributed by atoms with Gasteiger partial charge in [-0.2, -0.15) is 0 Å². The van der Waals surface area contributed by atoms with Gasteiger partial charge in [0.1, 0.15) is 5.82 Å². The van der Waals surface area contributed by atoms with Crippen molar-refractivity contribution in [2.75, 3.05) is 19.6 Å². The summed E-state index contributed by atoms with van der Waals surface area (Å²) in [6.07, 6.45) is 4.94. The molecule has 1 aromatic carbocycles. The number of nitrogens with two attached hydrogens (primary N) is 1. The molecule has 2 rings (SSSR count). The van der Waals surface area contributed by atoms with Gasteiger partial charge >= 0.3 is 0 Å². The Morgan fingerprint density at radius 3 is 2.39 bits per heavy atom. The zero-order valence-electron chi connectivity index (χ0n) is 10.5. The number of hydrogen-bond donors (Lipinski definition) is 1. The van der Waals surface area contributed by atoms with Crippen LogP contribution in [0.5, 0.6) is 0 Å². The minimum Gasteiger partial charge on any atom is -0.329 e. The van der Waals surface area contributed by atoms with Crippen LogP contribution in [0, 0.1) is 5.82 Å². The van der Waals surface area contributed by atoms with Crippen molar-refractivity contribution >= 4 is 11.6 Å². The Balaban J connectivity index is 2.20. The molecule has 0 aliphatic carbocycles. The molecule has 2 nitrogen and oxygen atoms in total. The molecule has 1 aliphatic rings. The van der Waals surface area contributed by atoms with Crippen molar-refractivity contribution in [3.63, 3.8) is 0 Å². The lowest BCUT2D eigenvalue weighted by atomic mass is 10.0. The van der Waals surface area contributed by atoms with Crippen LogP contribution in [0.25, 0.3) is 0 Å². The molecule has 1 fully saturated rings. The van der Waals surface area contributed by atoms with Crippen LogP contribution in [-0.4, -0.2) is 24.5 Å². The van der Waals surface area contributed by atoms with Gasteiger partial charge in [0.2, 0.25) is 0 Å². The fourth-order valence-corrected chi connectivity index (χ4v) is 2.90. The number of hydrogen-bond acceptors (Lipinski definition) is 2. The molecule has 4 heteroatoms. The van der Waals surface area contributed by atoms with Crippen LogP contribution in [0.15, 0.2) is 18.2 Å².